The Hall–Kier alpha value is -2.54. The number of carbonyl (C=O) groups is 1. The summed E-state index contributed by atoms with van der Waals surface area (Å²) >= 11 is 0. The standard InChI is InChI=1S/C22H27NO5S/c1-3-12-28-21-10-5-4-9-20(21)22(24)23(18-11-13-29(25,26)16-18)15-17-7-6-8-19(14-17)27-2/h4-10,14,18H,3,11-13,15-16H2,1-2H3. The molecular formula is C22H27NO5S. The minimum Gasteiger partial charge on any atom is -0.497 e. The molecule has 7 heteroatoms. The summed E-state index contributed by atoms with van der Waals surface area (Å²) in [5, 5.41) is 0. The zero-order valence-electron chi connectivity index (χ0n) is 16.8. The summed E-state index contributed by atoms with van der Waals surface area (Å²) in [6.07, 6.45) is 1.27. The van der Waals surface area contributed by atoms with Gasteiger partial charge >= 0.3 is 0 Å². The third-order valence-corrected chi connectivity index (χ3v) is 6.73. The highest BCUT2D eigenvalue weighted by Crippen LogP contribution is 2.27. The Labute approximate surface area is 172 Å². The van der Waals surface area contributed by atoms with Gasteiger partial charge in [-0.2, -0.15) is 0 Å². The van der Waals surface area contributed by atoms with Gasteiger partial charge in [-0.25, -0.2) is 8.42 Å². The van der Waals surface area contributed by atoms with Crippen LogP contribution in [0.5, 0.6) is 11.5 Å². The highest BCUT2D eigenvalue weighted by atomic mass is 32.2. The highest BCUT2D eigenvalue weighted by Gasteiger charge is 2.35. The lowest BCUT2D eigenvalue weighted by atomic mass is 10.1. The average molecular weight is 418 g/mol. The Morgan fingerprint density at radius 3 is 2.66 bits per heavy atom. The molecule has 0 saturated carbocycles. The van der Waals surface area contributed by atoms with Crippen LogP contribution < -0.4 is 9.47 Å². The van der Waals surface area contributed by atoms with E-state index in [1.165, 1.54) is 0 Å². The second-order valence-corrected chi connectivity index (χ2v) is 9.41. The molecule has 0 spiro atoms. The van der Waals surface area contributed by atoms with Gasteiger partial charge in [0.1, 0.15) is 11.5 Å². The van der Waals surface area contributed by atoms with Crippen molar-refractivity contribution in [3.8, 4) is 11.5 Å². The largest absolute Gasteiger partial charge is 0.497 e. The minimum atomic E-state index is -3.14. The Bertz CT molecular complexity index is 957. The molecule has 1 amide bonds. The topological polar surface area (TPSA) is 72.9 Å². The molecule has 1 unspecified atom stereocenters. The van der Waals surface area contributed by atoms with Gasteiger partial charge in [-0.15, -0.1) is 0 Å². The Morgan fingerprint density at radius 2 is 1.97 bits per heavy atom. The maximum absolute atomic E-state index is 13.5. The molecular weight excluding hydrogens is 390 g/mol. The third kappa shape index (κ3) is 5.29. The molecule has 2 aromatic carbocycles. The fourth-order valence-corrected chi connectivity index (χ4v) is 5.22. The van der Waals surface area contributed by atoms with Crippen molar-refractivity contribution in [3.05, 3.63) is 59.7 Å². The normalized spacial score (nSPS) is 17.7. The maximum Gasteiger partial charge on any atom is 0.258 e. The Balaban J connectivity index is 1.93. The van der Waals surface area contributed by atoms with Crippen LogP contribution in [0, 0.1) is 0 Å². The first-order chi connectivity index (χ1) is 13.9. The van der Waals surface area contributed by atoms with Crippen molar-refractivity contribution in [1.82, 2.24) is 4.90 Å². The molecule has 0 radical (unpaired) electrons. The molecule has 6 nitrogen and oxygen atoms in total. The van der Waals surface area contributed by atoms with Crippen molar-refractivity contribution in [2.24, 2.45) is 0 Å². The lowest BCUT2D eigenvalue weighted by molar-refractivity contribution is 0.0676. The average Bonchev–Trinajstić information content (AvgIpc) is 3.09. The highest BCUT2D eigenvalue weighted by molar-refractivity contribution is 7.91. The molecule has 0 N–H and O–H groups in total. The number of hydrogen-bond donors (Lipinski definition) is 0. The fourth-order valence-electron chi connectivity index (χ4n) is 3.49. The maximum atomic E-state index is 13.5. The summed E-state index contributed by atoms with van der Waals surface area (Å²) in [4.78, 5) is 15.2. The van der Waals surface area contributed by atoms with E-state index >= 15 is 0 Å². The Morgan fingerprint density at radius 1 is 1.17 bits per heavy atom. The van der Waals surface area contributed by atoms with E-state index in [1.807, 2.05) is 37.3 Å². The molecule has 1 fully saturated rings. The molecule has 1 atom stereocenters. The van der Waals surface area contributed by atoms with E-state index in [0.29, 0.717) is 36.6 Å². The molecule has 3 rings (SSSR count). The van der Waals surface area contributed by atoms with Crippen molar-refractivity contribution in [2.75, 3.05) is 25.2 Å². The number of methoxy groups -OCH3 is 1. The quantitative estimate of drug-likeness (QED) is 0.659. The smallest absolute Gasteiger partial charge is 0.258 e. The molecule has 1 saturated heterocycles. The van der Waals surface area contributed by atoms with Crippen LogP contribution in [0.3, 0.4) is 0 Å². The van der Waals surface area contributed by atoms with Gasteiger partial charge in [0, 0.05) is 12.6 Å². The number of ether oxygens (including phenoxy) is 2. The zero-order valence-corrected chi connectivity index (χ0v) is 17.7. The van der Waals surface area contributed by atoms with Gasteiger partial charge in [-0.1, -0.05) is 31.2 Å². The molecule has 2 aromatic rings. The second kappa shape index (κ2) is 9.31. The molecule has 0 aliphatic carbocycles. The lowest BCUT2D eigenvalue weighted by Gasteiger charge is -2.29. The van der Waals surface area contributed by atoms with Crippen LogP contribution >= 0.6 is 0 Å². The van der Waals surface area contributed by atoms with E-state index in [-0.39, 0.29) is 23.5 Å². The van der Waals surface area contributed by atoms with E-state index < -0.39 is 9.84 Å². The first-order valence-corrected chi connectivity index (χ1v) is 11.6. The van der Waals surface area contributed by atoms with Crippen molar-refractivity contribution in [2.45, 2.75) is 32.4 Å². The van der Waals surface area contributed by atoms with Crippen molar-refractivity contribution < 1.29 is 22.7 Å². The summed E-state index contributed by atoms with van der Waals surface area (Å²) in [6, 6.07) is 14.2. The molecule has 156 valence electrons. The number of rotatable bonds is 8. The number of sulfone groups is 1. The van der Waals surface area contributed by atoms with Gasteiger partial charge in [0.15, 0.2) is 9.84 Å². The first-order valence-electron chi connectivity index (χ1n) is 9.79. The van der Waals surface area contributed by atoms with Gasteiger partial charge in [0.05, 0.1) is 30.8 Å². The lowest BCUT2D eigenvalue weighted by Crippen LogP contribution is -2.40. The van der Waals surface area contributed by atoms with Crippen LogP contribution in [-0.4, -0.2) is 50.5 Å². The van der Waals surface area contributed by atoms with Gasteiger partial charge in [-0.3, -0.25) is 4.79 Å². The summed E-state index contributed by atoms with van der Waals surface area (Å²) in [5.41, 5.74) is 1.34. The predicted octanol–water partition coefficient (Wildman–Crippen LogP) is 3.31. The van der Waals surface area contributed by atoms with Crippen LogP contribution in [0.1, 0.15) is 35.7 Å². The molecule has 1 aliphatic rings. The van der Waals surface area contributed by atoms with Gasteiger partial charge in [0.25, 0.3) is 5.91 Å². The van der Waals surface area contributed by atoms with Gasteiger partial charge < -0.3 is 14.4 Å². The number of nitrogens with zero attached hydrogens (tertiary/aromatic N) is 1. The molecule has 1 heterocycles. The van der Waals surface area contributed by atoms with Crippen molar-refractivity contribution in [1.29, 1.82) is 0 Å². The predicted molar refractivity (Wildman–Crippen MR) is 112 cm³/mol. The summed E-state index contributed by atoms with van der Waals surface area (Å²) in [5.74, 6) is 1.09. The summed E-state index contributed by atoms with van der Waals surface area (Å²) in [7, 11) is -1.55. The van der Waals surface area contributed by atoms with E-state index in [2.05, 4.69) is 0 Å². The van der Waals surface area contributed by atoms with Crippen LogP contribution in [0.2, 0.25) is 0 Å². The molecule has 0 aromatic heterocycles. The third-order valence-electron chi connectivity index (χ3n) is 4.98. The van der Waals surface area contributed by atoms with Crippen LogP contribution in [0.25, 0.3) is 0 Å². The zero-order chi connectivity index (χ0) is 20.9. The number of para-hydroxylation sites is 1. The minimum absolute atomic E-state index is 0.0132. The van der Waals surface area contributed by atoms with Crippen molar-refractivity contribution >= 4 is 15.7 Å². The first kappa shape index (κ1) is 21.2. The van der Waals surface area contributed by atoms with E-state index in [0.717, 1.165) is 12.0 Å². The van der Waals surface area contributed by atoms with E-state index in [4.69, 9.17) is 9.47 Å². The second-order valence-electron chi connectivity index (χ2n) is 7.19. The molecule has 1 aliphatic heterocycles. The van der Waals surface area contributed by atoms with Gasteiger partial charge in [-0.05, 0) is 42.7 Å². The summed E-state index contributed by atoms with van der Waals surface area (Å²) < 4.78 is 35.2. The summed E-state index contributed by atoms with van der Waals surface area (Å²) in [6.45, 7) is 2.82. The number of amides is 1. The van der Waals surface area contributed by atoms with Crippen LogP contribution in [-0.2, 0) is 16.4 Å². The van der Waals surface area contributed by atoms with E-state index in [9.17, 15) is 13.2 Å². The molecule has 29 heavy (non-hydrogen) atoms. The van der Waals surface area contributed by atoms with Gasteiger partial charge in [0.2, 0.25) is 0 Å². The SMILES string of the molecule is CCCOc1ccccc1C(=O)N(Cc1cccc(OC)c1)C1CCS(=O)(=O)C1. The number of hydrogen-bond acceptors (Lipinski definition) is 5. The number of benzene rings is 2. The monoisotopic (exact) mass is 417 g/mol. The molecule has 0 bridgehead atoms. The van der Waals surface area contributed by atoms with E-state index in [1.54, 1.807) is 30.2 Å². The van der Waals surface area contributed by atoms with Crippen molar-refractivity contribution in [3.63, 3.8) is 0 Å². The number of carbonyl (C=O) groups excluding carboxylic acids is 1. The van der Waals surface area contributed by atoms with Crippen LogP contribution in [0.15, 0.2) is 48.5 Å². The van der Waals surface area contributed by atoms with Crippen LogP contribution in [0.4, 0.5) is 0 Å². The fraction of sp³-hybridized carbons (Fsp3) is 0.409. The Kier molecular flexibility index (Phi) is 6.79.